The summed E-state index contributed by atoms with van der Waals surface area (Å²) >= 11 is 0. The normalized spacial score (nSPS) is 10.9. The Hall–Kier alpha value is -5.02. The van der Waals surface area contributed by atoms with Gasteiger partial charge in [0.15, 0.2) is 0 Å². The third kappa shape index (κ3) is 24.3. The topological polar surface area (TPSA) is 55.4 Å². The van der Waals surface area contributed by atoms with Crippen LogP contribution in [0.4, 0.5) is 0 Å². The van der Waals surface area contributed by atoms with Crippen LogP contribution < -0.4 is 27.1 Å². The lowest BCUT2D eigenvalue weighted by molar-refractivity contribution is 0.382. The maximum absolute atomic E-state index is 6.76. The molecule has 0 atom stereocenters. The van der Waals surface area contributed by atoms with Crippen LogP contribution >= 0.6 is 17.2 Å². The first kappa shape index (κ1) is 56.9. The van der Waals surface area contributed by atoms with Gasteiger partial charge in [0.25, 0.3) is 0 Å². The highest BCUT2D eigenvalue weighted by Gasteiger charge is 2.24. The average molecular weight is 999 g/mol. The van der Waals surface area contributed by atoms with E-state index in [2.05, 4.69) is 93.6 Å². The summed E-state index contributed by atoms with van der Waals surface area (Å²) in [5, 5.41) is 0. The molecule has 0 aromatic heterocycles. The van der Waals surface area contributed by atoms with Gasteiger partial charge < -0.3 is 27.1 Å². The fourth-order valence-electron chi connectivity index (χ4n) is 8.27. The van der Waals surface area contributed by atoms with Gasteiger partial charge in [0.1, 0.15) is 34.5 Å². The van der Waals surface area contributed by atoms with Crippen LogP contribution in [0.2, 0.25) is 0 Å². The van der Waals surface area contributed by atoms with Gasteiger partial charge in [0.2, 0.25) is 0 Å². The molecule has 0 aliphatic rings. The summed E-state index contributed by atoms with van der Waals surface area (Å²) in [6.07, 6.45) is 30.3. The number of hydrogen-bond acceptors (Lipinski definition) is 6. The van der Waals surface area contributed by atoms with Gasteiger partial charge in [0.05, 0.1) is 0 Å². The lowest BCUT2D eigenvalue weighted by Gasteiger charge is -2.22. The second-order valence-corrected chi connectivity index (χ2v) is 20.4. The molecule has 6 nitrogen and oxygen atoms in total. The molecule has 0 aliphatic heterocycles. The molecule has 382 valence electrons. The first-order chi connectivity index (χ1) is 35.1. The molecule has 71 heavy (non-hydrogen) atoms. The highest BCUT2D eigenvalue weighted by Crippen LogP contribution is 2.46. The molecule has 8 heteroatoms. The number of benzene rings is 6. The third-order valence-corrected chi connectivity index (χ3v) is 14.5. The SMILES string of the molecule is CCCCCCCCCc1ccccc1OP(Oc1ccccc1CCCCCCCCC)Oc1ccccc1CCCCCCCCC.c1ccc(OP(Oc2ccccc2)Oc2ccccc2)cc1. The molecule has 0 aliphatic carbocycles. The third-order valence-electron chi connectivity index (χ3n) is 12.4. The summed E-state index contributed by atoms with van der Waals surface area (Å²) in [6, 6.07) is 54.0. The van der Waals surface area contributed by atoms with E-state index in [-0.39, 0.29) is 0 Å². The molecule has 0 spiro atoms. The summed E-state index contributed by atoms with van der Waals surface area (Å²) in [4.78, 5) is 0. The molecule has 0 bridgehead atoms. The number of hydrogen-bond donors (Lipinski definition) is 0. The standard InChI is InChI=1S/C45H69O3P.C18H15O3P/c1-4-7-10-13-16-19-22-31-40-34-25-28-37-43(40)46-49(47-44-38-29-26-35-41(44)32-23-20-17-14-11-8-5-2)48-45-39-30-27-36-42(45)33-24-21-18-15-12-9-6-3;1-4-10-16(11-5-1)19-22(20-17-12-6-2-7-13-17)21-18-14-8-3-9-15-18/h25-30,34-39H,4-24,31-33H2,1-3H3;1-15H. The van der Waals surface area contributed by atoms with E-state index in [1.807, 2.05) is 91.0 Å². The molecule has 0 unspecified atom stereocenters. The molecule has 0 amide bonds. The van der Waals surface area contributed by atoms with E-state index < -0.39 is 17.2 Å². The van der Waals surface area contributed by atoms with E-state index >= 15 is 0 Å². The van der Waals surface area contributed by atoms with Crippen LogP contribution in [0, 0.1) is 0 Å². The van der Waals surface area contributed by atoms with Gasteiger partial charge in [-0.05, 0) is 110 Å². The Balaban J connectivity index is 0.000000351. The lowest BCUT2D eigenvalue weighted by Crippen LogP contribution is -2.06. The van der Waals surface area contributed by atoms with Crippen molar-refractivity contribution in [1.29, 1.82) is 0 Å². The summed E-state index contributed by atoms with van der Waals surface area (Å²) in [7, 11) is -3.31. The van der Waals surface area contributed by atoms with Crippen LogP contribution in [0.5, 0.6) is 34.5 Å². The van der Waals surface area contributed by atoms with Crippen molar-refractivity contribution in [3.63, 3.8) is 0 Å². The van der Waals surface area contributed by atoms with E-state index in [4.69, 9.17) is 27.1 Å². The van der Waals surface area contributed by atoms with Crippen LogP contribution in [0.3, 0.4) is 0 Å². The average Bonchev–Trinajstić information content (AvgIpc) is 3.40. The smallest absolute Gasteiger partial charge is 0.409 e. The zero-order chi connectivity index (χ0) is 49.7. The van der Waals surface area contributed by atoms with Crippen molar-refractivity contribution in [3.05, 3.63) is 180 Å². The first-order valence-electron chi connectivity index (χ1n) is 27.2. The molecule has 0 saturated heterocycles. The zero-order valence-corrected chi connectivity index (χ0v) is 45.2. The maximum atomic E-state index is 6.76. The van der Waals surface area contributed by atoms with Crippen molar-refractivity contribution < 1.29 is 27.1 Å². The minimum atomic E-state index is -1.72. The van der Waals surface area contributed by atoms with Gasteiger partial charge in [0, 0.05) is 0 Å². The number of rotatable bonds is 36. The van der Waals surface area contributed by atoms with Crippen molar-refractivity contribution >= 4 is 17.2 Å². The quantitative estimate of drug-likeness (QED) is 0.0289. The number of para-hydroxylation sites is 6. The predicted octanol–water partition coefficient (Wildman–Crippen LogP) is 20.8. The van der Waals surface area contributed by atoms with Gasteiger partial charge >= 0.3 is 17.2 Å². The monoisotopic (exact) mass is 999 g/mol. The summed E-state index contributed by atoms with van der Waals surface area (Å²) in [5.74, 6) is 4.78. The Morgan fingerprint density at radius 2 is 0.465 bits per heavy atom. The Bertz CT molecular complexity index is 1960. The lowest BCUT2D eigenvalue weighted by atomic mass is 10.0. The second-order valence-electron chi connectivity index (χ2n) is 18.4. The fraction of sp³-hybridized carbons (Fsp3) is 0.429. The molecule has 6 rings (SSSR count). The Labute approximate surface area is 432 Å². The molecule has 0 N–H and O–H groups in total. The van der Waals surface area contributed by atoms with Crippen molar-refractivity contribution in [2.45, 2.75) is 175 Å². The van der Waals surface area contributed by atoms with Gasteiger partial charge in [-0.15, -0.1) is 0 Å². The van der Waals surface area contributed by atoms with Gasteiger partial charge in [-0.1, -0.05) is 246 Å². The van der Waals surface area contributed by atoms with Crippen LogP contribution in [0.1, 0.15) is 172 Å². The fourth-order valence-corrected chi connectivity index (χ4v) is 10.4. The largest absolute Gasteiger partial charge is 0.530 e. The molecular formula is C63H84O6P2. The molecule has 0 fully saturated rings. The molecule has 0 radical (unpaired) electrons. The predicted molar refractivity (Wildman–Crippen MR) is 301 cm³/mol. The Morgan fingerprint density at radius 1 is 0.239 bits per heavy atom. The van der Waals surface area contributed by atoms with E-state index in [1.165, 1.54) is 152 Å². The zero-order valence-electron chi connectivity index (χ0n) is 43.4. The van der Waals surface area contributed by atoms with Crippen LogP contribution in [-0.4, -0.2) is 0 Å². The van der Waals surface area contributed by atoms with Crippen LogP contribution in [0.15, 0.2) is 164 Å². The minimum absolute atomic E-state index is 0.709. The maximum Gasteiger partial charge on any atom is 0.530 e. The molecule has 6 aromatic rings. The van der Waals surface area contributed by atoms with Gasteiger partial charge in [-0.25, -0.2) is 0 Å². The molecule has 0 heterocycles. The van der Waals surface area contributed by atoms with E-state index in [1.54, 1.807) is 0 Å². The van der Waals surface area contributed by atoms with Crippen molar-refractivity contribution in [3.8, 4) is 34.5 Å². The molecule has 6 aromatic carbocycles. The van der Waals surface area contributed by atoms with E-state index in [9.17, 15) is 0 Å². The second kappa shape index (κ2) is 36.8. The van der Waals surface area contributed by atoms with Gasteiger partial charge in [-0.3, -0.25) is 0 Å². The van der Waals surface area contributed by atoms with E-state index in [0.717, 1.165) is 36.5 Å². The van der Waals surface area contributed by atoms with Crippen molar-refractivity contribution in [1.82, 2.24) is 0 Å². The minimum Gasteiger partial charge on any atom is -0.409 e. The number of unbranched alkanes of at least 4 members (excludes halogenated alkanes) is 18. The van der Waals surface area contributed by atoms with E-state index in [0.29, 0.717) is 17.2 Å². The Kier molecular flexibility index (Phi) is 29.5. The van der Waals surface area contributed by atoms with Crippen molar-refractivity contribution in [2.75, 3.05) is 0 Å². The molecule has 0 saturated carbocycles. The molecular weight excluding hydrogens is 915 g/mol. The highest BCUT2D eigenvalue weighted by molar-refractivity contribution is 7.43. The number of aryl methyl sites for hydroxylation is 3. The van der Waals surface area contributed by atoms with Crippen LogP contribution in [0.25, 0.3) is 0 Å². The summed E-state index contributed by atoms with van der Waals surface area (Å²) < 4.78 is 37.8. The highest BCUT2D eigenvalue weighted by atomic mass is 31.2. The summed E-state index contributed by atoms with van der Waals surface area (Å²) in [5.41, 5.74) is 3.72. The van der Waals surface area contributed by atoms with Gasteiger partial charge in [-0.2, -0.15) is 0 Å². The first-order valence-corrected chi connectivity index (χ1v) is 29.4. The summed E-state index contributed by atoms with van der Waals surface area (Å²) in [6.45, 7) is 6.84. The van der Waals surface area contributed by atoms with Crippen LogP contribution in [-0.2, 0) is 19.3 Å². The Morgan fingerprint density at radius 3 is 0.746 bits per heavy atom. The van der Waals surface area contributed by atoms with Crippen molar-refractivity contribution in [2.24, 2.45) is 0 Å².